The highest BCUT2D eigenvalue weighted by Gasteiger charge is 2.37. The lowest BCUT2D eigenvalue weighted by Crippen LogP contribution is -2.46. The molecule has 6 heteroatoms. The predicted molar refractivity (Wildman–Crippen MR) is 132 cm³/mol. The number of nitrogens with zero attached hydrogens (tertiary/aromatic N) is 2. The summed E-state index contributed by atoms with van der Waals surface area (Å²) in [5.74, 6) is -1.66. The monoisotopic (exact) mass is 464 g/mol. The van der Waals surface area contributed by atoms with E-state index >= 15 is 0 Å². The summed E-state index contributed by atoms with van der Waals surface area (Å²) in [7, 11) is 4.02. The van der Waals surface area contributed by atoms with Gasteiger partial charge in [-0.1, -0.05) is 59.7 Å². The molecule has 0 amide bonds. The second-order valence-corrected chi connectivity index (χ2v) is 10.0. The van der Waals surface area contributed by atoms with Crippen LogP contribution in [0.25, 0.3) is 0 Å². The van der Waals surface area contributed by atoms with Crippen molar-refractivity contribution in [2.75, 3.05) is 40.3 Å². The standard InChI is InChI=1S/C28H36N2O4/c1-19-7-5-9-21(15-19)23-11-13-29(3)17-25(23)33-27(31)28(32)34-26-18-30(4)14-12-24(26)22-10-6-8-20(2)16-22/h5-10,15-16,23-26H,11-14,17-18H2,1-4H3. The molecule has 0 saturated carbocycles. The van der Waals surface area contributed by atoms with E-state index in [4.69, 9.17) is 9.47 Å². The van der Waals surface area contributed by atoms with Crippen LogP contribution < -0.4 is 0 Å². The van der Waals surface area contributed by atoms with E-state index in [1.807, 2.05) is 26.2 Å². The Morgan fingerprint density at radius 2 is 1.15 bits per heavy atom. The molecule has 4 unspecified atom stereocenters. The zero-order valence-corrected chi connectivity index (χ0v) is 20.7. The van der Waals surface area contributed by atoms with Crippen molar-refractivity contribution in [3.05, 3.63) is 70.8 Å². The van der Waals surface area contributed by atoms with E-state index < -0.39 is 11.9 Å². The number of ether oxygens (including phenoxy) is 2. The number of likely N-dealkylation sites (tertiary alicyclic amines) is 2. The summed E-state index contributed by atoms with van der Waals surface area (Å²) in [6.45, 7) is 7.14. The molecular weight excluding hydrogens is 428 g/mol. The molecule has 2 saturated heterocycles. The van der Waals surface area contributed by atoms with Crippen molar-refractivity contribution < 1.29 is 19.1 Å². The minimum atomic E-state index is -0.894. The molecular formula is C28H36N2O4. The molecule has 6 nitrogen and oxygen atoms in total. The third-order valence-corrected chi connectivity index (χ3v) is 7.15. The number of benzene rings is 2. The van der Waals surface area contributed by atoms with Crippen molar-refractivity contribution in [1.29, 1.82) is 0 Å². The Kier molecular flexibility index (Phi) is 7.69. The number of hydrogen-bond donors (Lipinski definition) is 0. The van der Waals surface area contributed by atoms with Crippen LogP contribution in [-0.2, 0) is 19.1 Å². The first-order chi connectivity index (χ1) is 16.3. The van der Waals surface area contributed by atoms with Crippen LogP contribution in [0.1, 0.15) is 46.9 Å². The fraction of sp³-hybridized carbons (Fsp3) is 0.500. The molecule has 0 aromatic heterocycles. The van der Waals surface area contributed by atoms with Crippen molar-refractivity contribution in [3.8, 4) is 0 Å². The van der Waals surface area contributed by atoms with Gasteiger partial charge in [-0.25, -0.2) is 9.59 Å². The Morgan fingerprint density at radius 1 is 0.735 bits per heavy atom. The summed E-state index contributed by atoms with van der Waals surface area (Å²) in [4.78, 5) is 30.0. The molecule has 0 N–H and O–H groups in total. The van der Waals surface area contributed by atoms with Crippen LogP contribution in [0.15, 0.2) is 48.5 Å². The zero-order chi connectivity index (χ0) is 24.2. The summed E-state index contributed by atoms with van der Waals surface area (Å²) >= 11 is 0. The molecule has 2 aromatic carbocycles. The molecule has 4 rings (SSSR count). The summed E-state index contributed by atoms with van der Waals surface area (Å²) < 4.78 is 11.6. The van der Waals surface area contributed by atoms with Crippen LogP contribution in [0.2, 0.25) is 0 Å². The number of carbonyl (C=O) groups excluding carboxylic acids is 2. The van der Waals surface area contributed by atoms with Crippen LogP contribution in [0.3, 0.4) is 0 Å². The first-order valence-corrected chi connectivity index (χ1v) is 12.2. The maximum absolute atomic E-state index is 12.9. The van der Waals surface area contributed by atoms with Gasteiger partial charge in [0.2, 0.25) is 0 Å². The van der Waals surface area contributed by atoms with Gasteiger partial charge in [-0.3, -0.25) is 0 Å². The van der Waals surface area contributed by atoms with E-state index in [9.17, 15) is 9.59 Å². The van der Waals surface area contributed by atoms with Crippen molar-refractivity contribution in [2.24, 2.45) is 0 Å². The Hall–Kier alpha value is -2.70. The number of hydrogen-bond acceptors (Lipinski definition) is 6. The van der Waals surface area contributed by atoms with Crippen LogP contribution in [0.4, 0.5) is 0 Å². The van der Waals surface area contributed by atoms with Gasteiger partial charge in [0.05, 0.1) is 0 Å². The minimum absolute atomic E-state index is 0.0636. The first kappa shape index (κ1) is 24.4. The molecule has 182 valence electrons. The number of rotatable bonds is 4. The van der Waals surface area contributed by atoms with Crippen LogP contribution in [-0.4, -0.2) is 74.2 Å². The van der Waals surface area contributed by atoms with Crippen LogP contribution in [0, 0.1) is 13.8 Å². The molecule has 0 bridgehead atoms. The van der Waals surface area contributed by atoms with Crippen molar-refractivity contribution in [3.63, 3.8) is 0 Å². The van der Waals surface area contributed by atoms with Crippen molar-refractivity contribution in [1.82, 2.24) is 9.80 Å². The highest BCUT2D eigenvalue weighted by Crippen LogP contribution is 2.32. The fourth-order valence-electron chi connectivity index (χ4n) is 5.32. The lowest BCUT2D eigenvalue weighted by molar-refractivity contribution is -0.177. The molecule has 2 aliphatic rings. The van der Waals surface area contributed by atoms with Crippen LogP contribution in [0.5, 0.6) is 0 Å². The molecule has 0 spiro atoms. The Labute approximate surface area is 202 Å². The number of carbonyl (C=O) groups is 2. The lowest BCUT2D eigenvalue weighted by Gasteiger charge is -2.37. The number of piperidine rings is 2. The Morgan fingerprint density at radius 3 is 1.53 bits per heavy atom. The second kappa shape index (κ2) is 10.7. The van der Waals surface area contributed by atoms with E-state index in [0.717, 1.165) is 37.1 Å². The molecule has 0 radical (unpaired) electrons. The lowest BCUT2D eigenvalue weighted by atomic mass is 9.86. The molecule has 34 heavy (non-hydrogen) atoms. The largest absolute Gasteiger partial charge is 0.452 e. The van der Waals surface area contributed by atoms with E-state index in [1.165, 1.54) is 11.1 Å². The first-order valence-electron chi connectivity index (χ1n) is 12.2. The van der Waals surface area contributed by atoms with E-state index in [1.54, 1.807) is 0 Å². The smallest absolute Gasteiger partial charge is 0.417 e. The number of aryl methyl sites for hydroxylation is 2. The molecule has 2 aromatic rings. The second-order valence-electron chi connectivity index (χ2n) is 10.0. The van der Waals surface area contributed by atoms with Gasteiger partial charge in [-0.05, 0) is 65.0 Å². The molecule has 2 heterocycles. The topological polar surface area (TPSA) is 59.1 Å². The molecule has 2 fully saturated rings. The normalized spacial score (nSPS) is 26.1. The van der Waals surface area contributed by atoms with Gasteiger partial charge in [0.1, 0.15) is 12.2 Å². The van der Waals surface area contributed by atoms with Crippen molar-refractivity contribution >= 4 is 11.9 Å². The average molecular weight is 465 g/mol. The molecule has 2 aliphatic heterocycles. The highest BCUT2D eigenvalue weighted by atomic mass is 16.6. The van der Waals surface area contributed by atoms with Gasteiger partial charge < -0.3 is 19.3 Å². The minimum Gasteiger partial charge on any atom is -0.452 e. The van der Waals surface area contributed by atoms with Gasteiger partial charge >= 0.3 is 11.9 Å². The third-order valence-electron chi connectivity index (χ3n) is 7.15. The van der Waals surface area contributed by atoms with E-state index in [-0.39, 0.29) is 24.0 Å². The van der Waals surface area contributed by atoms with Gasteiger partial charge in [0, 0.05) is 24.9 Å². The molecule has 4 atom stereocenters. The fourth-order valence-corrected chi connectivity index (χ4v) is 5.32. The summed E-state index contributed by atoms with van der Waals surface area (Å²) in [5.41, 5.74) is 4.63. The number of likely N-dealkylation sites (N-methyl/N-ethyl adjacent to an activating group) is 2. The summed E-state index contributed by atoms with van der Waals surface area (Å²) in [6.07, 6.45) is 0.968. The third kappa shape index (κ3) is 5.86. The molecule has 0 aliphatic carbocycles. The zero-order valence-electron chi connectivity index (χ0n) is 20.7. The SMILES string of the molecule is Cc1cccc(C2CCN(C)CC2OC(=O)C(=O)OC2CN(C)CCC2c2cccc(C)c2)c1. The maximum atomic E-state index is 12.9. The van der Waals surface area contributed by atoms with Crippen LogP contribution >= 0.6 is 0 Å². The van der Waals surface area contributed by atoms with E-state index in [2.05, 4.69) is 60.0 Å². The average Bonchev–Trinajstić information content (AvgIpc) is 2.79. The number of esters is 2. The summed E-state index contributed by atoms with van der Waals surface area (Å²) in [6, 6.07) is 16.6. The van der Waals surface area contributed by atoms with E-state index in [0.29, 0.717) is 13.1 Å². The van der Waals surface area contributed by atoms with Gasteiger partial charge in [-0.2, -0.15) is 0 Å². The predicted octanol–water partition coefficient (Wildman–Crippen LogP) is 3.67. The van der Waals surface area contributed by atoms with Gasteiger partial charge in [0.15, 0.2) is 0 Å². The Balaban J connectivity index is 1.45. The quantitative estimate of drug-likeness (QED) is 0.508. The maximum Gasteiger partial charge on any atom is 0.417 e. The Bertz CT molecular complexity index is 941. The summed E-state index contributed by atoms with van der Waals surface area (Å²) in [5, 5.41) is 0. The van der Waals surface area contributed by atoms with Crippen molar-refractivity contribution in [2.45, 2.75) is 50.7 Å². The highest BCUT2D eigenvalue weighted by molar-refractivity contribution is 6.29. The van der Waals surface area contributed by atoms with Gasteiger partial charge in [-0.15, -0.1) is 0 Å². The van der Waals surface area contributed by atoms with Gasteiger partial charge in [0.25, 0.3) is 0 Å².